The van der Waals surface area contributed by atoms with Gasteiger partial charge < -0.3 is 10.6 Å². The van der Waals surface area contributed by atoms with Gasteiger partial charge in [0, 0.05) is 12.5 Å². The molecule has 1 atom stereocenters. The second kappa shape index (κ2) is 4.88. The zero-order valence-corrected chi connectivity index (χ0v) is 8.77. The zero-order chi connectivity index (χ0) is 10.5. The Balaban J connectivity index is 4.09. The Kier molecular flexibility index (Phi) is 4.50. The molecule has 2 N–H and O–H groups in total. The molecule has 0 fully saturated rings. The quantitative estimate of drug-likeness (QED) is 0.617. The van der Waals surface area contributed by atoms with E-state index in [1.165, 1.54) is 0 Å². The van der Waals surface area contributed by atoms with Crippen molar-refractivity contribution in [3.63, 3.8) is 0 Å². The molecule has 0 aliphatic carbocycles. The highest BCUT2D eigenvalue weighted by atomic mass is 16.2. The molecule has 0 aromatic carbocycles. The second-order valence-corrected chi connectivity index (χ2v) is 3.72. The first-order valence-corrected chi connectivity index (χ1v) is 4.37. The Morgan fingerprint density at radius 1 is 1.62 bits per heavy atom. The number of hydrogen-bond acceptors (Lipinski definition) is 2. The second-order valence-electron chi connectivity index (χ2n) is 3.72. The molecule has 0 radical (unpaired) electrons. The molecule has 0 spiro atoms. The molecule has 0 aliphatic heterocycles. The molecular formula is C10H18N2O. The zero-order valence-electron chi connectivity index (χ0n) is 8.77. The van der Waals surface area contributed by atoms with E-state index in [-0.39, 0.29) is 11.8 Å². The average molecular weight is 182 g/mol. The van der Waals surface area contributed by atoms with Crippen molar-refractivity contribution in [3.8, 4) is 12.3 Å². The number of amides is 1. The van der Waals surface area contributed by atoms with Gasteiger partial charge >= 0.3 is 0 Å². The van der Waals surface area contributed by atoms with E-state index in [2.05, 4.69) is 16.6 Å². The summed E-state index contributed by atoms with van der Waals surface area (Å²) in [6.07, 6.45) is 5.25. The van der Waals surface area contributed by atoms with Crippen LogP contribution in [-0.4, -0.2) is 25.0 Å². The van der Waals surface area contributed by atoms with Crippen molar-refractivity contribution in [1.29, 1.82) is 0 Å². The lowest BCUT2D eigenvalue weighted by atomic mass is 10.0. The first-order valence-electron chi connectivity index (χ1n) is 4.37. The summed E-state index contributed by atoms with van der Waals surface area (Å²) in [6.45, 7) is 6.12. The van der Waals surface area contributed by atoms with Gasteiger partial charge in [-0.25, -0.2) is 0 Å². The number of hydrogen-bond donors (Lipinski definition) is 2. The van der Waals surface area contributed by atoms with Crippen LogP contribution in [0.2, 0.25) is 0 Å². The van der Waals surface area contributed by atoms with Crippen LogP contribution in [0, 0.1) is 18.3 Å². The lowest BCUT2D eigenvalue weighted by Crippen LogP contribution is -2.46. The minimum Gasteiger partial charge on any atom is -0.340 e. The molecule has 0 aromatic rings. The fourth-order valence-corrected chi connectivity index (χ4v) is 0.866. The van der Waals surface area contributed by atoms with E-state index in [0.717, 1.165) is 0 Å². The topological polar surface area (TPSA) is 41.1 Å². The lowest BCUT2D eigenvalue weighted by Gasteiger charge is -2.22. The summed E-state index contributed by atoms with van der Waals surface area (Å²) in [4.78, 5) is 11.5. The molecule has 0 bridgehead atoms. The first-order chi connectivity index (χ1) is 5.93. The van der Waals surface area contributed by atoms with Gasteiger partial charge in [0.1, 0.15) is 0 Å². The van der Waals surface area contributed by atoms with E-state index in [4.69, 9.17) is 6.42 Å². The van der Waals surface area contributed by atoms with Crippen molar-refractivity contribution in [1.82, 2.24) is 10.6 Å². The molecule has 74 valence electrons. The SMILES string of the molecule is C#CC(C)(C)NC(=O)C(C)CNC. The monoisotopic (exact) mass is 182 g/mol. The largest absolute Gasteiger partial charge is 0.340 e. The Labute approximate surface area is 80.3 Å². The van der Waals surface area contributed by atoms with Gasteiger partial charge in [0.2, 0.25) is 5.91 Å². The third kappa shape index (κ3) is 4.54. The standard InChI is InChI=1S/C10H18N2O/c1-6-10(3,4)12-9(13)8(2)7-11-5/h1,8,11H,7H2,2-5H3,(H,12,13). The van der Waals surface area contributed by atoms with Gasteiger partial charge in [0.25, 0.3) is 0 Å². The first kappa shape index (κ1) is 12.0. The smallest absolute Gasteiger partial charge is 0.225 e. The van der Waals surface area contributed by atoms with E-state index in [1.54, 1.807) is 13.8 Å². The van der Waals surface area contributed by atoms with Crippen LogP contribution in [0.3, 0.4) is 0 Å². The van der Waals surface area contributed by atoms with E-state index in [0.29, 0.717) is 6.54 Å². The summed E-state index contributed by atoms with van der Waals surface area (Å²) in [6, 6.07) is 0. The highest BCUT2D eigenvalue weighted by Crippen LogP contribution is 2.02. The fraction of sp³-hybridized carbons (Fsp3) is 0.700. The number of terminal acetylenes is 1. The normalized spacial score (nSPS) is 13.2. The van der Waals surface area contributed by atoms with Crippen LogP contribution in [-0.2, 0) is 4.79 Å². The van der Waals surface area contributed by atoms with Gasteiger partial charge in [0.15, 0.2) is 0 Å². The van der Waals surface area contributed by atoms with Crippen LogP contribution < -0.4 is 10.6 Å². The van der Waals surface area contributed by atoms with Crippen molar-refractivity contribution >= 4 is 5.91 Å². The Hall–Kier alpha value is -1.01. The summed E-state index contributed by atoms with van der Waals surface area (Å²) in [5.74, 6) is 2.44. The molecule has 1 unspecified atom stereocenters. The van der Waals surface area contributed by atoms with Crippen LogP contribution in [0.5, 0.6) is 0 Å². The van der Waals surface area contributed by atoms with Crippen LogP contribution in [0.4, 0.5) is 0 Å². The molecule has 0 aliphatic rings. The Morgan fingerprint density at radius 3 is 2.54 bits per heavy atom. The summed E-state index contributed by atoms with van der Waals surface area (Å²) >= 11 is 0. The Morgan fingerprint density at radius 2 is 2.15 bits per heavy atom. The molecular weight excluding hydrogens is 164 g/mol. The number of carbonyl (C=O) groups is 1. The minimum absolute atomic E-state index is 0.0164. The van der Waals surface area contributed by atoms with Gasteiger partial charge in [-0.2, -0.15) is 0 Å². The van der Waals surface area contributed by atoms with Crippen molar-refractivity contribution in [2.75, 3.05) is 13.6 Å². The minimum atomic E-state index is -0.556. The predicted molar refractivity (Wildman–Crippen MR) is 54.1 cm³/mol. The van der Waals surface area contributed by atoms with Crippen LogP contribution in [0.25, 0.3) is 0 Å². The maximum Gasteiger partial charge on any atom is 0.225 e. The molecule has 0 aromatic heterocycles. The van der Waals surface area contributed by atoms with E-state index in [1.807, 2.05) is 14.0 Å². The van der Waals surface area contributed by atoms with Crippen molar-refractivity contribution in [2.24, 2.45) is 5.92 Å². The van der Waals surface area contributed by atoms with Crippen LogP contribution >= 0.6 is 0 Å². The van der Waals surface area contributed by atoms with Crippen molar-refractivity contribution in [2.45, 2.75) is 26.3 Å². The van der Waals surface area contributed by atoms with Gasteiger partial charge in [-0.1, -0.05) is 12.8 Å². The predicted octanol–water partition coefficient (Wildman–Crippen LogP) is 0.370. The molecule has 1 amide bonds. The van der Waals surface area contributed by atoms with Gasteiger partial charge in [-0.3, -0.25) is 4.79 Å². The summed E-state index contributed by atoms with van der Waals surface area (Å²) in [5.41, 5.74) is -0.556. The van der Waals surface area contributed by atoms with Gasteiger partial charge in [0.05, 0.1) is 5.54 Å². The Bertz CT molecular complexity index is 215. The number of rotatable bonds is 4. The highest BCUT2D eigenvalue weighted by molar-refractivity contribution is 5.79. The summed E-state index contributed by atoms with van der Waals surface area (Å²) in [7, 11) is 1.82. The van der Waals surface area contributed by atoms with Crippen LogP contribution in [0.15, 0.2) is 0 Å². The van der Waals surface area contributed by atoms with Gasteiger partial charge in [-0.15, -0.1) is 6.42 Å². The number of carbonyl (C=O) groups excluding carboxylic acids is 1. The third-order valence-corrected chi connectivity index (χ3v) is 1.75. The molecule has 0 heterocycles. The fourth-order valence-electron chi connectivity index (χ4n) is 0.866. The van der Waals surface area contributed by atoms with E-state index in [9.17, 15) is 4.79 Å². The van der Waals surface area contributed by atoms with Gasteiger partial charge in [-0.05, 0) is 20.9 Å². The van der Waals surface area contributed by atoms with E-state index < -0.39 is 5.54 Å². The van der Waals surface area contributed by atoms with Crippen LogP contribution in [0.1, 0.15) is 20.8 Å². The molecule has 13 heavy (non-hydrogen) atoms. The lowest BCUT2D eigenvalue weighted by molar-refractivity contribution is -0.125. The molecule has 3 heteroatoms. The molecule has 3 nitrogen and oxygen atoms in total. The average Bonchev–Trinajstić information content (AvgIpc) is 2.04. The number of nitrogens with one attached hydrogen (secondary N) is 2. The maximum atomic E-state index is 11.5. The molecule has 0 saturated carbocycles. The summed E-state index contributed by atoms with van der Waals surface area (Å²) < 4.78 is 0. The van der Waals surface area contributed by atoms with E-state index >= 15 is 0 Å². The summed E-state index contributed by atoms with van der Waals surface area (Å²) in [5, 5.41) is 5.72. The molecule has 0 rings (SSSR count). The van der Waals surface area contributed by atoms with Crippen molar-refractivity contribution in [3.05, 3.63) is 0 Å². The van der Waals surface area contributed by atoms with Crippen molar-refractivity contribution < 1.29 is 4.79 Å². The maximum absolute atomic E-state index is 11.5. The highest BCUT2D eigenvalue weighted by Gasteiger charge is 2.20. The molecule has 0 saturated heterocycles. The third-order valence-electron chi connectivity index (χ3n) is 1.75.